The van der Waals surface area contributed by atoms with Crippen molar-refractivity contribution < 1.29 is 17.3 Å². The highest BCUT2D eigenvalue weighted by Crippen LogP contribution is 2.24. The van der Waals surface area contributed by atoms with Crippen LogP contribution in [0.2, 0.25) is 0 Å². The molecule has 3 rings (SSSR count). The number of furan rings is 1. The maximum atomic E-state index is 12.6. The van der Waals surface area contributed by atoms with Gasteiger partial charge in [0.1, 0.15) is 5.76 Å². The standard InChI is InChI=1S/C16H17N3O4S/c1-11-4-6-13(7-5-11)24(20,21)19(3)10-15-17-18-16(23-15)14-8-9-22-12(14)2/h4-9H,10H2,1-3H3. The van der Waals surface area contributed by atoms with Crippen molar-refractivity contribution in [2.24, 2.45) is 0 Å². The van der Waals surface area contributed by atoms with E-state index < -0.39 is 10.0 Å². The summed E-state index contributed by atoms with van der Waals surface area (Å²) in [5.41, 5.74) is 1.69. The van der Waals surface area contributed by atoms with Gasteiger partial charge in [-0.2, -0.15) is 4.31 Å². The first-order valence-electron chi connectivity index (χ1n) is 7.28. The van der Waals surface area contributed by atoms with E-state index in [4.69, 9.17) is 8.83 Å². The first-order chi connectivity index (χ1) is 11.4. The highest BCUT2D eigenvalue weighted by Gasteiger charge is 2.23. The summed E-state index contributed by atoms with van der Waals surface area (Å²) >= 11 is 0. The molecule has 0 radical (unpaired) electrons. The van der Waals surface area contributed by atoms with Crippen LogP contribution in [0.15, 0.2) is 50.3 Å². The molecule has 0 unspecified atom stereocenters. The second kappa shape index (κ2) is 6.21. The molecule has 2 heterocycles. The second-order valence-electron chi connectivity index (χ2n) is 5.47. The van der Waals surface area contributed by atoms with Crippen LogP contribution in [0, 0.1) is 13.8 Å². The Hall–Kier alpha value is -2.45. The number of aromatic nitrogens is 2. The summed E-state index contributed by atoms with van der Waals surface area (Å²) in [4.78, 5) is 0.223. The summed E-state index contributed by atoms with van der Waals surface area (Å²) in [6, 6.07) is 8.39. The number of aryl methyl sites for hydroxylation is 2. The van der Waals surface area contributed by atoms with Gasteiger partial charge in [-0.15, -0.1) is 10.2 Å². The Labute approximate surface area is 140 Å². The Morgan fingerprint density at radius 2 is 1.79 bits per heavy atom. The van der Waals surface area contributed by atoms with Gasteiger partial charge in [-0.05, 0) is 32.0 Å². The van der Waals surface area contributed by atoms with Gasteiger partial charge < -0.3 is 8.83 Å². The SMILES string of the molecule is Cc1ccc(S(=O)(=O)N(C)Cc2nnc(-c3ccoc3C)o2)cc1. The van der Waals surface area contributed by atoms with Crippen LogP contribution < -0.4 is 0 Å². The number of hydrogen-bond donors (Lipinski definition) is 0. The Bertz CT molecular complexity index is 942. The quantitative estimate of drug-likeness (QED) is 0.705. The molecule has 0 amide bonds. The Morgan fingerprint density at radius 1 is 1.08 bits per heavy atom. The lowest BCUT2D eigenvalue weighted by Gasteiger charge is -2.15. The van der Waals surface area contributed by atoms with Gasteiger partial charge in [0.25, 0.3) is 5.89 Å². The smallest absolute Gasteiger partial charge is 0.251 e. The van der Waals surface area contributed by atoms with Crippen molar-refractivity contribution >= 4 is 10.0 Å². The molecule has 2 aromatic heterocycles. The second-order valence-corrected chi connectivity index (χ2v) is 7.51. The zero-order valence-corrected chi connectivity index (χ0v) is 14.4. The summed E-state index contributed by atoms with van der Waals surface area (Å²) in [7, 11) is -2.15. The van der Waals surface area contributed by atoms with Crippen LogP contribution in [0.4, 0.5) is 0 Å². The zero-order chi connectivity index (χ0) is 17.3. The van der Waals surface area contributed by atoms with Crippen molar-refractivity contribution in [1.29, 1.82) is 0 Å². The Balaban J connectivity index is 1.80. The predicted molar refractivity (Wildman–Crippen MR) is 86.6 cm³/mol. The van der Waals surface area contributed by atoms with Crippen LogP contribution in [-0.2, 0) is 16.6 Å². The lowest BCUT2D eigenvalue weighted by atomic mass is 10.2. The van der Waals surface area contributed by atoms with E-state index in [1.54, 1.807) is 37.3 Å². The topological polar surface area (TPSA) is 89.4 Å². The average Bonchev–Trinajstić information content (AvgIpc) is 3.16. The molecule has 0 bridgehead atoms. The molecule has 8 heteroatoms. The van der Waals surface area contributed by atoms with Crippen LogP contribution in [-0.4, -0.2) is 30.0 Å². The highest BCUT2D eigenvalue weighted by atomic mass is 32.2. The minimum Gasteiger partial charge on any atom is -0.469 e. The van der Waals surface area contributed by atoms with Gasteiger partial charge in [-0.25, -0.2) is 8.42 Å². The van der Waals surface area contributed by atoms with E-state index in [2.05, 4.69) is 10.2 Å². The Morgan fingerprint density at radius 3 is 2.42 bits per heavy atom. The van der Waals surface area contributed by atoms with Gasteiger partial charge in [0.2, 0.25) is 15.9 Å². The van der Waals surface area contributed by atoms with E-state index >= 15 is 0 Å². The summed E-state index contributed by atoms with van der Waals surface area (Å²) in [5, 5.41) is 7.85. The van der Waals surface area contributed by atoms with E-state index in [1.165, 1.54) is 17.6 Å². The van der Waals surface area contributed by atoms with Crippen LogP contribution in [0.5, 0.6) is 0 Å². The van der Waals surface area contributed by atoms with Gasteiger partial charge in [0.05, 0.1) is 23.3 Å². The van der Waals surface area contributed by atoms with Crippen LogP contribution in [0.3, 0.4) is 0 Å². The van der Waals surface area contributed by atoms with E-state index in [9.17, 15) is 8.42 Å². The molecule has 3 aromatic rings. The third-order valence-electron chi connectivity index (χ3n) is 3.64. The van der Waals surface area contributed by atoms with Crippen LogP contribution >= 0.6 is 0 Å². The summed E-state index contributed by atoms with van der Waals surface area (Å²) in [5.74, 6) is 1.17. The van der Waals surface area contributed by atoms with Crippen molar-refractivity contribution in [3.05, 3.63) is 53.8 Å². The van der Waals surface area contributed by atoms with Gasteiger partial charge in [-0.1, -0.05) is 17.7 Å². The summed E-state index contributed by atoms with van der Waals surface area (Å²) < 4.78 is 37.0. The lowest BCUT2D eigenvalue weighted by molar-refractivity contribution is 0.399. The summed E-state index contributed by atoms with van der Waals surface area (Å²) in [6.07, 6.45) is 1.53. The largest absolute Gasteiger partial charge is 0.469 e. The number of rotatable bonds is 5. The van der Waals surface area contributed by atoms with Crippen LogP contribution in [0.1, 0.15) is 17.2 Å². The maximum absolute atomic E-state index is 12.6. The average molecular weight is 347 g/mol. The van der Waals surface area contributed by atoms with Crippen molar-refractivity contribution in [2.75, 3.05) is 7.05 Å². The van der Waals surface area contributed by atoms with E-state index in [0.29, 0.717) is 17.2 Å². The molecule has 0 aliphatic heterocycles. The third kappa shape index (κ3) is 3.10. The van der Waals surface area contributed by atoms with Crippen molar-refractivity contribution in [1.82, 2.24) is 14.5 Å². The fourth-order valence-corrected chi connectivity index (χ4v) is 3.32. The minimum absolute atomic E-state index is 0.0138. The first kappa shape index (κ1) is 16.4. The van der Waals surface area contributed by atoms with Gasteiger partial charge in [0, 0.05) is 7.05 Å². The molecule has 0 N–H and O–H groups in total. The van der Waals surface area contributed by atoms with Gasteiger partial charge in [-0.3, -0.25) is 0 Å². The van der Waals surface area contributed by atoms with E-state index in [-0.39, 0.29) is 17.3 Å². The molecule has 0 saturated carbocycles. The molecule has 0 aliphatic rings. The van der Waals surface area contributed by atoms with E-state index in [1.807, 2.05) is 6.92 Å². The molecule has 0 atom stereocenters. The molecule has 0 saturated heterocycles. The molecular formula is C16H17N3O4S. The number of hydrogen-bond acceptors (Lipinski definition) is 6. The number of nitrogens with zero attached hydrogens (tertiary/aromatic N) is 3. The monoisotopic (exact) mass is 347 g/mol. The summed E-state index contributed by atoms with van der Waals surface area (Å²) in [6.45, 7) is 3.67. The molecule has 126 valence electrons. The minimum atomic E-state index is -3.62. The van der Waals surface area contributed by atoms with Crippen LogP contribution in [0.25, 0.3) is 11.5 Å². The molecule has 0 aliphatic carbocycles. The fraction of sp³-hybridized carbons (Fsp3) is 0.250. The van der Waals surface area contributed by atoms with Crippen molar-refractivity contribution in [3.8, 4) is 11.5 Å². The molecule has 24 heavy (non-hydrogen) atoms. The normalized spacial score (nSPS) is 12.0. The fourth-order valence-electron chi connectivity index (χ4n) is 2.20. The first-order valence-corrected chi connectivity index (χ1v) is 8.72. The predicted octanol–water partition coefficient (Wildman–Crippen LogP) is 2.77. The lowest BCUT2D eigenvalue weighted by Crippen LogP contribution is -2.26. The Kier molecular flexibility index (Phi) is 4.25. The molecular weight excluding hydrogens is 330 g/mol. The van der Waals surface area contributed by atoms with E-state index in [0.717, 1.165) is 5.56 Å². The maximum Gasteiger partial charge on any atom is 0.251 e. The molecule has 0 spiro atoms. The molecule has 7 nitrogen and oxygen atoms in total. The van der Waals surface area contributed by atoms with Gasteiger partial charge >= 0.3 is 0 Å². The highest BCUT2D eigenvalue weighted by molar-refractivity contribution is 7.89. The van der Waals surface area contributed by atoms with Gasteiger partial charge in [0.15, 0.2) is 0 Å². The zero-order valence-electron chi connectivity index (χ0n) is 13.6. The van der Waals surface area contributed by atoms with Crippen molar-refractivity contribution in [2.45, 2.75) is 25.3 Å². The number of benzene rings is 1. The third-order valence-corrected chi connectivity index (χ3v) is 5.46. The molecule has 0 fully saturated rings. The van der Waals surface area contributed by atoms with Crippen molar-refractivity contribution in [3.63, 3.8) is 0 Å². The molecule has 1 aromatic carbocycles. The number of sulfonamides is 1.